The molecule has 1 unspecified atom stereocenters. The van der Waals surface area contributed by atoms with Crippen LogP contribution in [0.1, 0.15) is 41.4 Å². The first kappa shape index (κ1) is 26.4. The summed E-state index contributed by atoms with van der Waals surface area (Å²) in [6.07, 6.45) is -8.60. The number of esters is 1. The standard InChI is InChI=1S/C29H27F3O6/c1-28(2)37-24-23(36-27(34-3)25(24)38-28)22(19-13-15-21(16-14-19)29(30,31)32)35-26(33)20-11-9-18(10-12-20)17-7-5-4-6-8-17/h4-16,22-25,27H,1-3H3/t22-,23-,24-,25-,27?/m1/s1. The van der Waals surface area contributed by atoms with E-state index >= 15 is 0 Å². The highest BCUT2D eigenvalue weighted by Crippen LogP contribution is 2.44. The summed E-state index contributed by atoms with van der Waals surface area (Å²) in [6.45, 7) is 3.48. The van der Waals surface area contributed by atoms with E-state index in [9.17, 15) is 18.0 Å². The van der Waals surface area contributed by atoms with Gasteiger partial charge in [0.25, 0.3) is 0 Å². The SMILES string of the molecule is COC1O[C@H]([C@H](OC(=O)c2ccc(-c3ccccc3)cc2)c2ccc(C(F)(F)F)cc2)[C@H]2OC(C)(C)O[C@@H]12. The summed E-state index contributed by atoms with van der Waals surface area (Å²) >= 11 is 0. The zero-order valence-electron chi connectivity index (χ0n) is 21.0. The van der Waals surface area contributed by atoms with E-state index in [0.717, 1.165) is 23.3 Å². The molecule has 0 radical (unpaired) electrons. The molecule has 0 N–H and O–H groups in total. The Kier molecular flexibility index (Phi) is 7.04. The summed E-state index contributed by atoms with van der Waals surface area (Å²) in [6, 6.07) is 21.0. The van der Waals surface area contributed by atoms with Crippen LogP contribution in [-0.2, 0) is 29.9 Å². The van der Waals surface area contributed by atoms with Gasteiger partial charge in [-0.3, -0.25) is 0 Å². The number of alkyl halides is 3. The Balaban J connectivity index is 1.44. The third kappa shape index (κ3) is 5.33. The van der Waals surface area contributed by atoms with Crippen LogP contribution in [-0.4, -0.2) is 43.5 Å². The fourth-order valence-corrected chi connectivity index (χ4v) is 4.82. The van der Waals surface area contributed by atoms with Crippen molar-refractivity contribution in [2.45, 2.75) is 56.5 Å². The van der Waals surface area contributed by atoms with Gasteiger partial charge in [-0.25, -0.2) is 4.79 Å². The lowest BCUT2D eigenvalue weighted by atomic mass is 9.97. The summed E-state index contributed by atoms with van der Waals surface area (Å²) in [5.41, 5.74) is 1.70. The molecule has 9 heteroatoms. The van der Waals surface area contributed by atoms with Crippen molar-refractivity contribution in [1.82, 2.24) is 0 Å². The summed E-state index contributed by atoms with van der Waals surface area (Å²) in [5, 5.41) is 0. The molecule has 0 spiro atoms. The van der Waals surface area contributed by atoms with E-state index in [1.807, 2.05) is 30.3 Å². The lowest BCUT2D eigenvalue weighted by molar-refractivity contribution is -0.237. The van der Waals surface area contributed by atoms with Gasteiger partial charge in [0.15, 0.2) is 18.2 Å². The predicted octanol–water partition coefficient (Wildman–Crippen LogP) is 6.16. The molecule has 0 aliphatic carbocycles. The van der Waals surface area contributed by atoms with Gasteiger partial charge in [-0.05, 0) is 54.8 Å². The average Bonchev–Trinajstić information content (AvgIpc) is 3.40. The Hall–Kier alpha value is -3.24. The van der Waals surface area contributed by atoms with Crippen molar-refractivity contribution in [3.63, 3.8) is 0 Å². The van der Waals surface area contributed by atoms with Crippen molar-refractivity contribution in [2.24, 2.45) is 0 Å². The van der Waals surface area contributed by atoms with Crippen LogP contribution in [0.3, 0.4) is 0 Å². The number of halogens is 3. The fraction of sp³-hybridized carbons (Fsp3) is 0.345. The van der Waals surface area contributed by atoms with Gasteiger partial charge < -0.3 is 23.7 Å². The highest BCUT2D eigenvalue weighted by molar-refractivity contribution is 5.90. The number of hydrogen-bond acceptors (Lipinski definition) is 6. The van der Waals surface area contributed by atoms with Crippen molar-refractivity contribution in [3.8, 4) is 11.1 Å². The van der Waals surface area contributed by atoms with Crippen molar-refractivity contribution in [3.05, 3.63) is 95.6 Å². The first-order valence-corrected chi connectivity index (χ1v) is 12.1. The molecule has 2 aliphatic rings. The van der Waals surface area contributed by atoms with Gasteiger partial charge in [0, 0.05) is 7.11 Å². The maximum Gasteiger partial charge on any atom is 0.416 e. The van der Waals surface area contributed by atoms with Gasteiger partial charge in [0.2, 0.25) is 0 Å². The number of methoxy groups -OCH3 is 1. The number of hydrogen-bond donors (Lipinski definition) is 0. The van der Waals surface area contributed by atoms with Crippen LogP contribution in [0.4, 0.5) is 13.2 Å². The number of benzene rings is 3. The van der Waals surface area contributed by atoms with E-state index in [4.69, 9.17) is 23.7 Å². The number of ether oxygens (including phenoxy) is 5. The van der Waals surface area contributed by atoms with Crippen LogP contribution >= 0.6 is 0 Å². The summed E-state index contributed by atoms with van der Waals surface area (Å²) in [4.78, 5) is 13.3. The van der Waals surface area contributed by atoms with Crippen molar-refractivity contribution >= 4 is 5.97 Å². The van der Waals surface area contributed by atoms with Crippen molar-refractivity contribution in [2.75, 3.05) is 7.11 Å². The van der Waals surface area contributed by atoms with Crippen LogP contribution in [0.15, 0.2) is 78.9 Å². The minimum absolute atomic E-state index is 0.281. The smallest absolute Gasteiger partial charge is 0.416 e. The van der Waals surface area contributed by atoms with Gasteiger partial charge in [-0.15, -0.1) is 0 Å². The van der Waals surface area contributed by atoms with Gasteiger partial charge >= 0.3 is 12.1 Å². The normalized spacial score (nSPS) is 25.1. The van der Waals surface area contributed by atoms with Crippen LogP contribution in [0.2, 0.25) is 0 Å². The van der Waals surface area contributed by atoms with E-state index in [-0.39, 0.29) is 5.56 Å². The Labute approximate surface area is 218 Å². The zero-order chi connectivity index (χ0) is 27.1. The van der Waals surface area contributed by atoms with Gasteiger partial charge in [0.05, 0.1) is 11.1 Å². The zero-order valence-corrected chi connectivity index (χ0v) is 21.0. The Bertz CT molecular complexity index is 1260. The van der Waals surface area contributed by atoms with E-state index in [1.165, 1.54) is 19.2 Å². The molecule has 0 bridgehead atoms. The molecule has 5 atom stereocenters. The Morgan fingerprint density at radius 3 is 2.08 bits per heavy atom. The largest absolute Gasteiger partial charge is 0.451 e. The highest BCUT2D eigenvalue weighted by Gasteiger charge is 2.58. The monoisotopic (exact) mass is 528 g/mol. The molecular formula is C29H27F3O6. The molecule has 6 nitrogen and oxygen atoms in total. The number of carbonyl (C=O) groups is 1. The van der Waals surface area contributed by atoms with E-state index in [1.54, 1.807) is 38.1 Å². The molecule has 200 valence electrons. The highest BCUT2D eigenvalue weighted by atomic mass is 19.4. The predicted molar refractivity (Wildman–Crippen MR) is 131 cm³/mol. The summed E-state index contributed by atoms with van der Waals surface area (Å²) in [7, 11) is 1.45. The summed E-state index contributed by atoms with van der Waals surface area (Å²) in [5.74, 6) is -1.61. The van der Waals surface area contributed by atoms with Crippen molar-refractivity contribution in [1.29, 1.82) is 0 Å². The molecule has 5 rings (SSSR count). The van der Waals surface area contributed by atoms with Gasteiger partial charge in [-0.2, -0.15) is 13.2 Å². The minimum atomic E-state index is -4.51. The molecule has 38 heavy (non-hydrogen) atoms. The van der Waals surface area contributed by atoms with Crippen LogP contribution < -0.4 is 0 Å². The van der Waals surface area contributed by atoms with Gasteiger partial charge in [0.1, 0.15) is 18.3 Å². The second-order valence-corrected chi connectivity index (χ2v) is 9.66. The Morgan fingerprint density at radius 2 is 1.47 bits per heavy atom. The summed E-state index contributed by atoms with van der Waals surface area (Å²) < 4.78 is 69.0. The van der Waals surface area contributed by atoms with E-state index in [2.05, 4.69) is 0 Å². The third-order valence-electron chi connectivity index (χ3n) is 6.61. The first-order valence-electron chi connectivity index (χ1n) is 12.1. The Morgan fingerprint density at radius 1 is 0.868 bits per heavy atom. The lowest BCUT2D eigenvalue weighted by Crippen LogP contribution is -2.36. The van der Waals surface area contributed by atoms with Crippen molar-refractivity contribution < 1.29 is 41.7 Å². The number of fused-ring (bicyclic) bond motifs is 1. The average molecular weight is 529 g/mol. The first-order chi connectivity index (χ1) is 18.1. The molecule has 2 heterocycles. The third-order valence-corrected chi connectivity index (χ3v) is 6.61. The molecule has 3 aromatic carbocycles. The fourth-order valence-electron chi connectivity index (χ4n) is 4.82. The maximum absolute atomic E-state index is 13.3. The molecule has 2 fully saturated rings. The molecule has 2 saturated heterocycles. The van der Waals surface area contributed by atoms with E-state index in [0.29, 0.717) is 5.56 Å². The topological polar surface area (TPSA) is 63.2 Å². The molecule has 0 amide bonds. The molecule has 0 saturated carbocycles. The molecular weight excluding hydrogens is 501 g/mol. The second-order valence-electron chi connectivity index (χ2n) is 9.66. The number of rotatable bonds is 6. The van der Waals surface area contributed by atoms with Gasteiger partial charge in [-0.1, -0.05) is 54.6 Å². The quantitative estimate of drug-likeness (QED) is 0.357. The molecule has 3 aromatic rings. The maximum atomic E-state index is 13.3. The minimum Gasteiger partial charge on any atom is -0.451 e. The lowest BCUT2D eigenvalue weighted by Gasteiger charge is -2.29. The molecule has 2 aliphatic heterocycles. The van der Waals surface area contributed by atoms with Crippen LogP contribution in [0.25, 0.3) is 11.1 Å². The van der Waals surface area contributed by atoms with Crippen LogP contribution in [0, 0.1) is 0 Å². The van der Waals surface area contributed by atoms with E-state index < -0.39 is 54.2 Å². The number of carbonyl (C=O) groups excluding carboxylic acids is 1. The second kappa shape index (κ2) is 10.1. The molecule has 0 aromatic heterocycles. The van der Waals surface area contributed by atoms with Crippen LogP contribution in [0.5, 0.6) is 0 Å².